The normalized spacial score (nSPS) is 14.0. The molecular weight excluding hydrogens is 398 g/mol. The largest absolute Gasteiger partial charge is 0.339 e. The molecule has 2 amide bonds. The average Bonchev–Trinajstić information content (AvgIpc) is 3.18. The number of aryl methyl sites for hydroxylation is 1. The number of anilines is 2. The fraction of sp³-hybridized carbons (Fsp3) is 0.231. The summed E-state index contributed by atoms with van der Waals surface area (Å²) in [4.78, 5) is 21.9. The van der Waals surface area contributed by atoms with Crippen LogP contribution in [-0.4, -0.2) is 46.7 Å². The van der Waals surface area contributed by atoms with Crippen LogP contribution >= 0.6 is 0 Å². The van der Waals surface area contributed by atoms with Gasteiger partial charge in [0.25, 0.3) is 0 Å². The summed E-state index contributed by atoms with van der Waals surface area (Å²) in [6.07, 6.45) is 0. The van der Waals surface area contributed by atoms with Crippen LogP contribution in [0.3, 0.4) is 0 Å². The predicted molar refractivity (Wildman–Crippen MR) is 129 cm³/mol. The number of rotatable bonds is 4. The Balaban J connectivity index is 1.32. The average molecular weight is 426 g/mol. The van der Waals surface area contributed by atoms with Crippen LogP contribution in [-0.2, 0) is 6.54 Å². The number of aromatic nitrogens is 2. The number of para-hydroxylation sites is 2. The molecule has 1 N–H and O–H groups in total. The molecule has 5 rings (SSSR count). The Labute approximate surface area is 188 Å². The molecule has 6 nitrogen and oxygen atoms in total. The number of piperazine rings is 1. The lowest BCUT2D eigenvalue weighted by molar-refractivity contribution is 0.208. The summed E-state index contributed by atoms with van der Waals surface area (Å²) >= 11 is 0. The standard InChI is InChI=1S/C26H27N5O/c1-20-8-7-11-22(18-20)27-26(32)30-16-14-29(15-17-30)25-28-23-12-5-6-13-24(23)31(25)19-21-9-3-2-4-10-21/h2-13,18H,14-17,19H2,1H3,(H,27,32). The zero-order valence-electron chi connectivity index (χ0n) is 18.2. The van der Waals surface area contributed by atoms with Crippen LogP contribution in [0.15, 0.2) is 78.9 Å². The Bertz CT molecular complexity index is 1230. The van der Waals surface area contributed by atoms with E-state index in [1.54, 1.807) is 0 Å². The lowest BCUT2D eigenvalue weighted by atomic mass is 10.2. The van der Waals surface area contributed by atoms with Crippen LogP contribution in [0.5, 0.6) is 0 Å². The molecular formula is C26H27N5O. The van der Waals surface area contributed by atoms with Crippen molar-refractivity contribution in [1.82, 2.24) is 14.5 Å². The number of urea groups is 1. The fourth-order valence-corrected chi connectivity index (χ4v) is 4.26. The highest BCUT2D eigenvalue weighted by molar-refractivity contribution is 5.89. The maximum atomic E-state index is 12.7. The van der Waals surface area contributed by atoms with Gasteiger partial charge in [-0.2, -0.15) is 0 Å². The van der Waals surface area contributed by atoms with E-state index in [0.29, 0.717) is 13.1 Å². The predicted octanol–water partition coefficient (Wildman–Crippen LogP) is 4.75. The molecule has 6 heteroatoms. The van der Waals surface area contributed by atoms with Crippen LogP contribution in [0.4, 0.5) is 16.4 Å². The van der Waals surface area contributed by atoms with Gasteiger partial charge in [-0.1, -0.05) is 54.6 Å². The molecule has 0 bridgehead atoms. The molecule has 0 aliphatic carbocycles. The number of imidazole rings is 1. The molecule has 4 aromatic rings. The van der Waals surface area contributed by atoms with E-state index in [2.05, 4.69) is 57.2 Å². The number of hydrogen-bond acceptors (Lipinski definition) is 3. The van der Waals surface area contributed by atoms with E-state index in [-0.39, 0.29) is 6.03 Å². The zero-order valence-corrected chi connectivity index (χ0v) is 18.2. The molecule has 0 spiro atoms. The summed E-state index contributed by atoms with van der Waals surface area (Å²) in [5.74, 6) is 0.966. The minimum Gasteiger partial charge on any atom is -0.339 e. The smallest absolute Gasteiger partial charge is 0.321 e. The Kier molecular flexibility index (Phi) is 5.50. The van der Waals surface area contributed by atoms with Gasteiger partial charge in [-0.15, -0.1) is 0 Å². The number of hydrogen-bond donors (Lipinski definition) is 1. The molecule has 1 saturated heterocycles. The van der Waals surface area contributed by atoms with Gasteiger partial charge in [-0.25, -0.2) is 9.78 Å². The molecule has 3 aromatic carbocycles. The quantitative estimate of drug-likeness (QED) is 0.514. The van der Waals surface area contributed by atoms with Gasteiger partial charge in [-0.3, -0.25) is 0 Å². The SMILES string of the molecule is Cc1cccc(NC(=O)N2CCN(c3nc4ccccc4n3Cc3ccccc3)CC2)c1. The molecule has 1 aromatic heterocycles. The van der Waals surface area contributed by atoms with E-state index in [4.69, 9.17) is 4.98 Å². The number of amides is 2. The van der Waals surface area contributed by atoms with Crippen molar-refractivity contribution in [3.63, 3.8) is 0 Å². The highest BCUT2D eigenvalue weighted by atomic mass is 16.2. The van der Waals surface area contributed by atoms with Gasteiger partial charge in [-0.05, 0) is 42.3 Å². The molecule has 0 atom stereocenters. The highest BCUT2D eigenvalue weighted by Gasteiger charge is 2.25. The van der Waals surface area contributed by atoms with Crippen molar-refractivity contribution in [3.05, 3.63) is 90.0 Å². The van der Waals surface area contributed by atoms with E-state index < -0.39 is 0 Å². The highest BCUT2D eigenvalue weighted by Crippen LogP contribution is 2.25. The Morgan fingerprint density at radius 2 is 1.66 bits per heavy atom. The van der Waals surface area contributed by atoms with Crippen LogP contribution in [0.25, 0.3) is 11.0 Å². The van der Waals surface area contributed by atoms with Gasteiger partial charge in [0, 0.05) is 31.9 Å². The fourth-order valence-electron chi connectivity index (χ4n) is 4.26. The van der Waals surface area contributed by atoms with Crippen LogP contribution < -0.4 is 10.2 Å². The van der Waals surface area contributed by atoms with Crippen molar-refractivity contribution in [2.24, 2.45) is 0 Å². The minimum atomic E-state index is -0.0481. The second kappa shape index (κ2) is 8.75. The third-order valence-corrected chi connectivity index (χ3v) is 5.94. The Hall–Kier alpha value is -3.80. The van der Waals surface area contributed by atoms with Gasteiger partial charge in [0.1, 0.15) is 0 Å². The number of carbonyl (C=O) groups is 1. The van der Waals surface area contributed by atoms with Crippen molar-refractivity contribution in [2.75, 3.05) is 36.4 Å². The first-order valence-electron chi connectivity index (χ1n) is 11.0. The second-order valence-electron chi connectivity index (χ2n) is 8.25. The van der Waals surface area contributed by atoms with E-state index >= 15 is 0 Å². The van der Waals surface area contributed by atoms with Crippen molar-refractivity contribution in [1.29, 1.82) is 0 Å². The van der Waals surface area contributed by atoms with Crippen molar-refractivity contribution in [3.8, 4) is 0 Å². The monoisotopic (exact) mass is 425 g/mol. The summed E-state index contributed by atoms with van der Waals surface area (Å²) in [7, 11) is 0. The molecule has 0 unspecified atom stereocenters. The van der Waals surface area contributed by atoms with E-state index in [1.807, 2.05) is 48.2 Å². The summed E-state index contributed by atoms with van der Waals surface area (Å²) < 4.78 is 2.28. The van der Waals surface area contributed by atoms with Crippen molar-refractivity contribution < 1.29 is 4.79 Å². The molecule has 0 saturated carbocycles. The van der Waals surface area contributed by atoms with Crippen molar-refractivity contribution >= 4 is 28.7 Å². The molecule has 32 heavy (non-hydrogen) atoms. The number of nitrogens with zero attached hydrogens (tertiary/aromatic N) is 4. The third kappa shape index (κ3) is 4.17. The first-order chi connectivity index (χ1) is 15.7. The summed E-state index contributed by atoms with van der Waals surface area (Å²) in [6.45, 7) is 5.61. The molecule has 1 aliphatic heterocycles. The summed E-state index contributed by atoms with van der Waals surface area (Å²) in [5.41, 5.74) is 5.34. The van der Waals surface area contributed by atoms with Gasteiger partial charge < -0.3 is 19.7 Å². The third-order valence-electron chi connectivity index (χ3n) is 5.94. The van der Waals surface area contributed by atoms with E-state index in [9.17, 15) is 4.79 Å². The zero-order chi connectivity index (χ0) is 21.9. The van der Waals surface area contributed by atoms with E-state index in [0.717, 1.165) is 47.9 Å². The van der Waals surface area contributed by atoms with Crippen LogP contribution in [0.2, 0.25) is 0 Å². The molecule has 0 radical (unpaired) electrons. The van der Waals surface area contributed by atoms with Gasteiger partial charge >= 0.3 is 6.03 Å². The molecule has 2 heterocycles. The minimum absolute atomic E-state index is 0.0481. The number of fused-ring (bicyclic) bond motifs is 1. The summed E-state index contributed by atoms with van der Waals surface area (Å²) in [5, 5.41) is 3.02. The van der Waals surface area contributed by atoms with Gasteiger partial charge in [0.05, 0.1) is 17.6 Å². The Morgan fingerprint density at radius 3 is 2.44 bits per heavy atom. The van der Waals surface area contributed by atoms with Crippen LogP contribution in [0.1, 0.15) is 11.1 Å². The summed E-state index contributed by atoms with van der Waals surface area (Å²) in [6, 6.07) is 26.6. The maximum Gasteiger partial charge on any atom is 0.321 e. The van der Waals surface area contributed by atoms with E-state index in [1.165, 1.54) is 5.56 Å². The molecule has 1 aliphatic rings. The van der Waals surface area contributed by atoms with Crippen LogP contribution in [0, 0.1) is 6.92 Å². The number of nitrogens with one attached hydrogen (secondary N) is 1. The second-order valence-corrected chi connectivity index (χ2v) is 8.25. The maximum absolute atomic E-state index is 12.7. The topological polar surface area (TPSA) is 53.4 Å². The van der Waals surface area contributed by atoms with Crippen molar-refractivity contribution in [2.45, 2.75) is 13.5 Å². The number of benzene rings is 3. The lowest BCUT2D eigenvalue weighted by Gasteiger charge is -2.35. The number of carbonyl (C=O) groups excluding carboxylic acids is 1. The first kappa shape index (κ1) is 20.1. The first-order valence-corrected chi connectivity index (χ1v) is 11.0. The van der Waals surface area contributed by atoms with Gasteiger partial charge in [0.15, 0.2) is 0 Å². The van der Waals surface area contributed by atoms with Gasteiger partial charge in [0.2, 0.25) is 5.95 Å². The molecule has 162 valence electrons. The molecule has 1 fully saturated rings. The lowest BCUT2D eigenvalue weighted by Crippen LogP contribution is -2.50. The Morgan fingerprint density at radius 1 is 0.906 bits per heavy atom.